The maximum Gasteiger partial charge on any atom is 0.138 e. The predicted octanol–water partition coefficient (Wildman–Crippen LogP) is 2.91. The zero-order valence-corrected chi connectivity index (χ0v) is 12.0. The maximum atomic E-state index is 13.0. The van der Waals surface area contributed by atoms with Crippen molar-refractivity contribution in [2.24, 2.45) is 7.05 Å². The van der Waals surface area contributed by atoms with Crippen LogP contribution in [0.2, 0.25) is 0 Å². The van der Waals surface area contributed by atoms with Gasteiger partial charge in [0, 0.05) is 30.6 Å². The van der Waals surface area contributed by atoms with E-state index in [0.717, 1.165) is 11.4 Å². The molecule has 0 N–H and O–H groups in total. The highest BCUT2D eigenvalue weighted by Gasteiger charge is 2.32. The molecule has 1 aromatic heterocycles. The van der Waals surface area contributed by atoms with E-state index in [9.17, 15) is 4.39 Å². The Kier molecular flexibility index (Phi) is 4.42. The summed E-state index contributed by atoms with van der Waals surface area (Å²) in [6.45, 7) is 0. The number of hydrogen-bond donors (Lipinski definition) is 0. The Bertz CT molecular complexity index is 535. The Balaban J connectivity index is 2.37. The van der Waals surface area contributed by atoms with E-state index in [1.54, 1.807) is 16.8 Å². The van der Waals surface area contributed by atoms with E-state index in [1.165, 1.54) is 18.5 Å². The molecule has 19 heavy (non-hydrogen) atoms. The summed E-state index contributed by atoms with van der Waals surface area (Å²) < 4.78 is 14.7. The lowest BCUT2D eigenvalue weighted by molar-refractivity contribution is 0.501. The van der Waals surface area contributed by atoms with Crippen molar-refractivity contribution in [2.75, 3.05) is 11.8 Å². The van der Waals surface area contributed by atoms with Gasteiger partial charge in [0.15, 0.2) is 0 Å². The highest BCUT2D eigenvalue weighted by molar-refractivity contribution is 6.22. The largest absolute Gasteiger partial charge is 0.253 e. The Morgan fingerprint density at radius 3 is 2.32 bits per heavy atom. The van der Waals surface area contributed by atoms with E-state index in [4.69, 9.17) is 23.2 Å². The monoisotopic (exact) mass is 301 g/mol. The van der Waals surface area contributed by atoms with Gasteiger partial charge in [0.2, 0.25) is 0 Å². The average Bonchev–Trinajstić information content (AvgIpc) is 2.82. The molecular formula is C13H14Cl2FN3. The highest BCUT2D eigenvalue weighted by atomic mass is 35.5. The van der Waals surface area contributed by atoms with Crippen molar-refractivity contribution in [2.45, 2.75) is 11.8 Å². The summed E-state index contributed by atoms with van der Waals surface area (Å²) >= 11 is 12.3. The molecule has 6 heteroatoms. The van der Waals surface area contributed by atoms with Gasteiger partial charge in [-0.25, -0.2) is 9.37 Å². The molecule has 1 heterocycles. The highest BCUT2D eigenvalue weighted by Crippen LogP contribution is 2.31. The first-order valence-corrected chi connectivity index (χ1v) is 6.89. The maximum absolute atomic E-state index is 13.0. The Labute approximate surface area is 121 Å². The molecule has 102 valence electrons. The van der Waals surface area contributed by atoms with Gasteiger partial charge in [0.05, 0.1) is 0 Å². The topological polar surface area (TPSA) is 30.7 Å². The second kappa shape index (κ2) is 5.88. The third-order valence-electron chi connectivity index (χ3n) is 3.27. The minimum atomic E-state index is -0.475. The quantitative estimate of drug-likeness (QED) is 0.795. The second-order valence-corrected chi connectivity index (χ2v) is 5.07. The molecule has 1 aromatic carbocycles. The molecule has 0 aliphatic carbocycles. The van der Waals surface area contributed by atoms with Crippen molar-refractivity contribution in [3.8, 4) is 0 Å². The van der Waals surface area contributed by atoms with Crippen LogP contribution in [0.3, 0.4) is 0 Å². The van der Waals surface area contributed by atoms with Gasteiger partial charge in [-0.05, 0) is 17.7 Å². The molecular weight excluding hydrogens is 288 g/mol. The van der Waals surface area contributed by atoms with Crippen molar-refractivity contribution >= 4 is 23.2 Å². The van der Waals surface area contributed by atoms with Crippen LogP contribution in [0, 0.1) is 5.82 Å². The number of nitrogens with zero attached hydrogens (tertiary/aromatic N) is 3. The molecule has 2 aromatic rings. The fourth-order valence-electron chi connectivity index (χ4n) is 1.97. The van der Waals surface area contributed by atoms with Crippen LogP contribution in [0.1, 0.15) is 11.4 Å². The summed E-state index contributed by atoms with van der Waals surface area (Å²) in [6, 6.07) is 6.27. The number of hydrogen-bond acceptors (Lipinski definition) is 2. The molecule has 3 nitrogen and oxygen atoms in total. The SMILES string of the molecule is Cn1ncnc1CC(CCl)(CCl)c1ccc(F)cc1. The van der Waals surface area contributed by atoms with E-state index in [2.05, 4.69) is 10.1 Å². The summed E-state index contributed by atoms with van der Waals surface area (Å²) in [5.74, 6) is 1.18. The molecule has 0 bridgehead atoms. The Hall–Kier alpha value is -1.13. The molecule has 0 saturated carbocycles. The molecule has 0 unspecified atom stereocenters. The van der Waals surface area contributed by atoms with Gasteiger partial charge in [-0.1, -0.05) is 12.1 Å². The average molecular weight is 302 g/mol. The lowest BCUT2D eigenvalue weighted by Crippen LogP contribution is -2.34. The van der Waals surface area contributed by atoms with E-state index in [1.807, 2.05) is 7.05 Å². The fraction of sp³-hybridized carbons (Fsp3) is 0.385. The van der Waals surface area contributed by atoms with Gasteiger partial charge in [-0.15, -0.1) is 23.2 Å². The Morgan fingerprint density at radius 1 is 1.21 bits per heavy atom. The summed E-state index contributed by atoms with van der Waals surface area (Å²) in [5.41, 5.74) is 0.430. The van der Waals surface area contributed by atoms with Crippen LogP contribution in [0.4, 0.5) is 4.39 Å². The van der Waals surface area contributed by atoms with Gasteiger partial charge in [0.1, 0.15) is 18.0 Å². The normalized spacial score (nSPS) is 11.8. The molecule has 0 atom stereocenters. The third-order valence-corrected chi connectivity index (χ3v) is 4.29. The standard InChI is InChI=1S/C13H14Cl2FN3/c1-19-12(17-9-18-19)6-13(7-14,8-15)10-2-4-11(16)5-3-10/h2-5,9H,6-8H2,1H3. The van der Waals surface area contributed by atoms with E-state index >= 15 is 0 Å². The number of alkyl halides is 2. The van der Waals surface area contributed by atoms with Crippen LogP contribution in [0.25, 0.3) is 0 Å². The molecule has 0 spiro atoms. The predicted molar refractivity (Wildman–Crippen MR) is 74.2 cm³/mol. The lowest BCUT2D eigenvalue weighted by Gasteiger charge is -2.29. The fourth-order valence-corrected chi connectivity index (χ4v) is 2.76. The van der Waals surface area contributed by atoms with Crippen LogP contribution >= 0.6 is 23.2 Å². The molecule has 0 aliphatic heterocycles. The first-order valence-electron chi connectivity index (χ1n) is 5.82. The van der Waals surface area contributed by atoms with E-state index < -0.39 is 5.41 Å². The molecule has 0 fully saturated rings. The van der Waals surface area contributed by atoms with Crippen LogP contribution in [0.5, 0.6) is 0 Å². The van der Waals surface area contributed by atoms with Crippen LogP contribution < -0.4 is 0 Å². The van der Waals surface area contributed by atoms with Crippen LogP contribution in [-0.2, 0) is 18.9 Å². The minimum absolute atomic E-state index is 0.277. The molecule has 0 amide bonds. The first kappa shape index (κ1) is 14.3. The van der Waals surface area contributed by atoms with Crippen molar-refractivity contribution in [3.63, 3.8) is 0 Å². The smallest absolute Gasteiger partial charge is 0.138 e. The molecule has 2 rings (SSSR count). The van der Waals surface area contributed by atoms with Gasteiger partial charge in [-0.2, -0.15) is 5.10 Å². The van der Waals surface area contributed by atoms with E-state index in [0.29, 0.717) is 18.2 Å². The van der Waals surface area contributed by atoms with Gasteiger partial charge in [-0.3, -0.25) is 4.68 Å². The van der Waals surface area contributed by atoms with Crippen molar-refractivity contribution in [1.82, 2.24) is 14.8 Å². The second-order valence-electron chi connectivity index (χ2n) is 4.53. The molecule has 0 radical (unpaired) electrons. The number of halogens is 3. The van der Waals surface area contributed by atoms with Gasteiger partial charge in [0.25, 0.3) is 0 Å². The van der Waals surface area contributed by atoms with Crippen molar-refractivity contribution in [3.05, 3.63) is 47.8 Å². The molecule has 0 aliphatic rings. The lowest BCUT2D eigenvalue weighted by atomic mass is 9.81. The third kappa shape index (κ3) is 2.90. The van der Waals surface area contributed by atoms with Crippen LogP contribution in [-0.4, -0.2) is 26.5 Å². The zero-order valence-electron chi connectivity index (χ0n) is 10.5. The van der Waals surface area contributed by atoms with E-state index in [-0.39, 0.29) is 5.82 Å². The summed E-state index contributed by atoms with van der Waals surface area (Å²) in [4.78, 5) is 4.20. The molecule has 0 saturated heterocycles. The summed E-state index contributed by atoms with van der Waals surface area (Å²) in [7, 11) is 1.82. The van der Waals surface area contributed by atoms with Crippen molar-refractivity contribution < 1.29 is 4.39 Å². The van der Waals surface area contributed by atoms with Gasteiger partial charge >= 0.3 is 0 Å². The Morgan fingerprint density at radius 2 is 1.84 bits per heavy atom. The van der Waals surface area contributed by atoms with Crippen molar-refractivity contribution in [1.29, 1.82) is 0 Å². The zero-order chi connectivity index (χ0) is 13.9. The first-order chi connectivity index (χ1) is 9.11. The van der Waals surface area contributed by atoms with Gasteiger partial charge < -0.3 is 0 Å². The minimum Gasteiger partial charge on any atom is -0.253 e. The number of rotatable bonds is 5. The van der Waals surface area contributed by atoms with Crippen LogP contribution in [0.15, 0.2) is 30.6 Å². The summed E-state index contributed by atoms with van der Waals surface area (Å²) in [6.07, 6.45) is 2.05. The number of benzene rings is 1. The number of aromatic nitrogens is 3. The summed E-state index contributed by atoms with van der Waals surface area (Å²) in [5, 5.41) is 4.04. The number of aryl methyl sites for hydroxylation is 1.